The van der Waals surface area contributed by atoms with Crippen molar-refractivity contribution in [1.82, 2.24) is 10.3 Å². The molecule has 1 aromatic heterocycles. The average molecular weight is 312 g/mol. The van der Waals surface area contributed by atoms with Gasteiger partial charge < -0.3 is 11.1 Å². The third-order valence-corrected chi connectivity index (χ3v) is 3.39. The summed E-state index contributed by atoms with van der Waals surface area (Å²) < 4.78 is 26.8. The number of nitrogens with zero attached hydrogens (tertiary/aromatic N) is 1. The molecule has 2 aromatic rings. The van der Waals surface area contributed by atoms with Crippen molar-refractivity contribution >= 4 is 17.4 Å². The summed E-state index contributed by atoms with van der Waals surface area (Å²) in [4.78, 5) is 4.01. The molecule has 112 valence electrons. The summed E-state index contributed by atoms with van der Waals surface area (Å²) in [7, 11) is 0. The molecule has 3 N–H and O–H groups in total. The molecule has 0 aliphatic rings. The Bertz CT molecular complexity index is 634. The van der Waals surface area contributed by atoms with Crippen molar-refractivity contribution in [3.63, 3.8) is 0 Å². The third-order valence-electron chi connectivity index (χ3n) is 3.18. The number of likely N-dealkylation sites (N-methyl/N-ethyl adjacent to an activating group) is 1. The largest absolute Gasteiger partial charge is 0.383 e. The van der Waals surface area contributed by atoms with Crippen molar-refractivity contribution in [2.45, 2.75) is 19.4 Å². The molecule has 0 amide bonds. The Labute approximate surface area is 127 Å². The first-order valence-corrected chi connectivity index (χ1v) is 6.97. The molecule has 3 nitrogen and oxygen atoms in total. The first-order valence-electron chi connectivity index (χ1n) is 6.59. The highest BCUT2D eigenvalue weighted by molar-refractivity contribution is 6.30. The van der Waals surface area contributed by atoms with Crippen LogP contribution < -0.4 is 11.1 Å². The molecular weight excluding hydrogens is 296 g/mol. The third kappa shape index (κ3) is 3.89. The van der Waals surface area contributed by atoms with Gasteiger partial charge in [-0.05, 0) is 30.7 Å². The fourth-order valence-electron chi connectivity index (χ4n) is 2.19. The van der Waals surface area contributed by atoms with Crippen molar-refractivity contribution in [1.29, 1.82) is 0 Å². The van der Waals surface area contributed by atoms with Crippen LogP contribution in [0.2, 0.25) is 5.02 Å². The van der Waals surface area contributed by atoms with Gasteiger partial charge in [-0.15, -0.1) is 0 Å². The number of nitrogens with two attached hydrogens (primary N) is 1. The number of halogens is 3. The SMILES string of the molecule is CCNC(Cc1ccc(F)cc1F)c1cc(Cl)cnc1N. The second-order valence-corrected chi connectivity index (χ2v) is 5.11. The van der Waals surface area contributed by atoms with Gasteiger partial charge in [0.05, 0.1) is 5.02 Å². The lowest BCUT2D eigenvalue weighted by Crippen LogP contribution is -2.24. The Hall–Kier alpha value is -1.72. The maximum absolute atomic E-state index is 13.8. The van der Waals surface area contributed by atoms with Gasteiger partial charge in [0.25, 0.3) is 0 Å². The van der Waals surface area contributed by atoms with Crippen LogP contribution in [0.4, 0.5) is 14.6 Å². The van der Waals surface area contributed by atoms with Crippen LogP contribution in [0.3, 0.4) is 0 Å². The van der Waals surface area contributed by atoms with Gasteiger partial charge in [0, 0.05) is 23.9 Å². The van der Waals surface area contributed by atoms with Gasteiger partial charge in [0.1, 0.15) is 17.5 Å². The van der Waals surface area contributed by atoms with E-state index in [0.29, 0.717) is 34.9 Å². The van der Waals surface area contributed by atoms with Crippen LogP contribution in [0.5, 0.6) is 0 Å². The lowest BCUT2D eigenvalue weighted by molar-refractivity contribution is 0.521. The van der Waals surface area contributed by atoms with E-state index in [-0.39, 0.29) is 6.04 Å². The standard InChI is InChI=1S/C15H16ClF2N3/c1-2-20-14(12-6-10(16)8-21-15(12)19)5-9-3-4-11(17)7-13(9)18/h3-4,6-8,14,20H,2,5H2,1H3,(H2,19,21). The molecule has 0 fully saturated rings. The molecule has 1 unspecified atom stereocenters. The first-order chi connectivity index (χ1) is 10.0. The molecule has 0 aliphatic carbocycles. The van der Waals surface area contributed by atoms with E-state index in [1.165, 1.54) is 18.3 Å². The summed E-state index contributed by atoms with van der Waals surface area (Å²) in [5, 5.41) is 3.68. The molecule has 0 saturated heterocycles. The van der Waals surface area contributed by atoms with Gasteiger partial charge >= 0.3 is 0 Å². The lowest BCUT2D eigenvalue weighted by atomic mass is 9.99. The fraction of sp³-hybridized carbons (Fsp3) is 0.267. The zero-order valence-electron chi connectivity index (χ0n) is 11.5. The zero-order valence-corrected chi connectivity index (χ0v) is 12.3. The predicted octanol–water partition coefficient (Wildman–Crippen LogP) is 3.49. The minimum Gasteiger partial charge on any atom is -0.383 e. The van der Waals surface area contributed by atoms with E-state index in [4.69, 9.17) is 17.3 Å². The van der Waals surface area contributed by atoms with E-state index in [9.17, 15) is 8.78 Å². The van der Waals surface area contributed by atoms with Crippen molar-refractivity contribution in [3.05, 3.63) is 58.2 Å². The molecule has 6 heteroatoms. The van der Waals surface area contributed by atoms with Crippen LogP contribution in [0.1, 0.15) is 24.1 Å². The smallest absolute Gasteiger partial charge is 0.129 e. The average Bonchev–Trinajstić information content (AvgIpc) is 2.44. The lowest BCUT2D eigenvalue weighted by Gasteiger charge is -2.20. The second kappa shape index (κ2) is 6.83. The number of nitrogens with one attached hydrogen (secondary N) is 1. The van der Waals surface area contributed by atoms with Crippen molar-refractivity contribution in [3.8, 4) is 0 Å². The molecule has 21 heavy (non-hydrogen) atoms. The second-order valence-electron chi connectivity index (χ2n) is 4.68. The summed E-state index contributed by atoms with van der Waals surface area (Å²) in [5.74, 6) is -0.834. The van der Waals surface area contributed by atoms with Crippen LogP contribution in [0.25, 0.3) is 0 Å². The molecule has 2 rings (SSSR count). The van der Waals surface area contributed by atoms with Crippen LogP contribution in [-0.2, 0) is 6.42 Å². The van der Waals surface area contributed by atoms with Gasteiger partial charge in [-0.25, -0.2) is 13.8 Å². The van der Waals surface area contributed by atoms with E-state index in [2.05, 4.69) is 10.3 Å². The Balaban J connectivity index is 2.32. The normalized spacial score (nSPS) is 12.4. The highest BCUT2D eigenvalue weighted by atomic mass is 35.5. The summed E-state index contributed by atoms with van der Waals surface area (Å²) in [6.07, 6.45) is 1.79. The molecule has 0 spiro atoms. The maximum atomic E-state index is 13.8. The zero-order chi connectivity index (χ0) is 15.4. The van der Waals surface area contributed by atoms with Gasteiger partial charge in [0.15, 0.2) is 0 Å². The summed E-state index contributed by atoms with van der Waals surface area (Å²) in [6.45, 7) is 2.60. The fourth-order valence-corrected chi connectivity index (χ4v) is 2.36. The van der Waals surface area contributed by atoms with E-state index in [1.807, 2.05) is 6.92 Å². The number of benzene rings is 1. The number of nitrogen functional groups attached to an aromatic ring is 1. The number of anilines is 1. The number of pyridine rings is 1. The molecule has 0 saturated carbocycles. The van der Waals surface area contributed by atoms with E-state index >= 15 is 0 Å². The minimum atomic E-state index is -0.597. The molecule has 1 aromatic carbocycles. The Kier molecular flexibility index (Phi) is 5.09. The minimum absolute atomic E-state index is 0.249. The molecule has 0 aliphatic heterocycles. The topological polar surface area (TPSA) is 50.9 Å². The molecule has 0 radical (unpaired) electrons. The Morgan fingerprint density at radius 2 is 2.10 bits per heavy atom. The van der Waals surface area contributed by atoms with E-state index in [1.54, 1.807) is 6.07 Å². The van der Waals surface area contributed by atoms with Gasteiger partial charge in [-0.1, -0.05) is 24.6 Å². The molecule has 1 atom stereocenters. The summed E-state index contributed by atoms with van der Waals surface area (Å²) in [5.41, 5.74) is 6.98. The monoisotopic (exact) mass is 311 g/mol. The maximum Gasteiger partial charge on any atom is 0.129 e. The van der Waals surface area contributed by atoms with Gasteiger partial charge in [-0.3, -0.25) is 0 Å². The summed E-state index contributed by atoms with van der Waals surface area (Å²) >= 11 is 5.95. The predicted molar refractivity (Wildman–Crippen MR) is 80.1 cm³/mol. The van der Waals surface area contributed by atoms with Crippen molar-refractivity contribution in [2.75, 3.05) is 12.3 Å². The Morgan fingerprint density at radius 3 is 2.76 bits per heavy atom. The van der Waals surface area contributed by atoms with Gasteiger partial charge in [-0.2, -0.15) is 0 Å². The van der Waals surface area contributed by atoms with Crippen LogP contribution in [0.15, 0.2) is 30.5 Å². The Morgan fingerprint density at radius 1 is 1.33 bits per heavy atom. The summed E-state index contributed by atoms with van der Waals surface area (Å²) in [6, 6.07) is 5.00. The number of hydrogen-bond donors (Lipinski definition) is 2. The van der Waals surface area contributed by atoms with Gasteiger partial charge in [0.2, 0.25) is 0 Å². The molecular formula is C15H16ClF2N3. The van der Waals surface area contributed by atoms with E-state index in [0.717, 1.165) is 6.07 Å². The highest BCUT2D eigenvalue weighted by Crippen LogP contribution is 2.26. The highest BCUT2D eigenvalue weighted by Gasteiger charge is 2.17. The first kappa shape index (κ1) is 15.7. The number of hydrogen-bond acceptors (Lipinski definition) is 3. The van der Waals surface area contributed by atoms with Crippen LogP contribution >= 0.6 is 11.6 Å². The molecule has 0 bridgehead atoms. The molecule has 1 heterocycles. The van der Waals surface area contributed by atoms with E-state index < -0.39 is 11.6 Å². The number of aromatic nitrogens is 1. The van der Waals surface area contributed by atoms with Crippen molar-refractivity contribution in [2.24, 2.45) is 0 Å². The quantitative estimate of drug-likeness (QED) is 0.888. The number of rotatable bonds is 5. The van der Waals surface area contributed by atoms with Crippen LogP contribution in [-0.4, -0.2) is 11.5 Å². The van der Waals surface area contributed by atoms with Crippen molar-refractivity contribution < 1.29 is 8.78 Å². The van der Waals surface area contributed by atoms with Crippen LogP contribution in [0, 0.1) is 11.6 Å².